The number of carbonyl (C=O) groups is 2. The standard InChI is InChI=1S/C10H20N2O3/c1-4-6-10(2,9(14)15)12-7-5-8(13)11-3/h12H,4-7H2,1-3H3,(H,11,13)(H,14,15). The lowest BCUT2D eigenvalue weighted by atomic mass is 9.96. The molecule has 0 bridgehead atoms. The van der Waals surface area contributed by atoms with Gasteiger partial charge >= 0.3 is 5.97 Å². The maximum atomic E-state index is 11.0. The van der Waals surface area contributed by atoms with Gasteiger partial charge in [0.05, 0.1) is 0 Å². The molecule has 0 spiro atoms. The van der Waals surface area contributed by atoms with Gasteiger partial charge in [0, 0.05) is 20.0 Å². The van der Waals surface area contributed by atoms with E-state index in [9.17, 15) is 9.59 Å². The molecule has 1 amide bonds. The molecule has 88 valence electrons. The molecule has 0 saturated heterocycles. The normalized spacial score (nSPS) is 14.3. The van der Waals surface area contributed by atoms with Gasteiger partial charge in [-0.05, 0) is 13.3 Å². The van der Waals surface area contributed by atoms with E-state index in [0.717, 1.165) is 6.42 Å². The topological polar surface area (TPSA) is 78.4 Å². The third-order valence-corrected chi connectivity index (χ3v) is 2.37. The molecule has 0 radical (unpaired) electrons. The minimum atomic E-state index is -0.928. The van der Waals surface area contributed by atoms with E-state index in [1.54, 1.807) is 14.0 Å². The van der Waals surface area contributed by atoms with E-state index in [0.29, 0.717) is 19.4 Å². The Kier molecular flexibility index (Phi) is 5.93. The van der Waals surface area contributed by atoms with Gasteiger partial charge in [0.1, 0.15) is 5.54 Å². The third kappa shape index (κ3) is 4.78. The number of rotatable bonds is 7. The molecule has 0 rings (SSSR count). The van der Waals surface area contributed by atoms with Crippen LogP contribution in [0.5, 0.6) is 0 Å². The van der Waals surface area contributed by atoms with Crippen molar-refractivity contribution in [2.24, 2.45) is 0 Å². The summed E-state index contributed by atoms with van der Waals surface area (Å²) in [6, 6.07) is 0. The summed E-state index contributed by atoms with van der Waals surface area (Å²) in [6.07, 6.45) is 1.63. The Bertz CT molecular complexity index is 231. The van der Waals surface area contributed by atoms with Gasteiger partial charge < -0.3 is 15.7 Å². The molecular weight excluding hydrogens is 196 g/mol. The zero-order valence-electron chi connectivity index (χ0n) is 9.59. The molecule has 5 heteroatoms. The second-order valence-electron chi connectivity index (χ2n) is 3.74. The van der Waals surface area contributed by atoms with Gasteiger partial charge in [-0.25, -0.2) is 0 Å². The Morgan fingerprint density at radius 3 is 2.40 bits per heavy atom. The predicted molar refractivity (Wildman–Crippen MR) is 57.6 cm³/mol. The third-order valence-electron chi connectivity index (χ3n) is 2.37. The van der Waals surface area contributed by atoms with E-state index < -0.39 is 11.5 Å². The van der Waals surface area contributed by atoms with Crippen LogP contribution in [0, 0.1) is 0 Å². The quantitative estimate of drug-likeness (QED) is 0.574. The van der Waals surface area contributed by atoms with Gasteiger partial charge in [0.2, 0.25) is 5.91 Å². The summed E-state index contributed by atoms with van der Waals surface area (Å²) >= 11 is 0. The molecule has 1 unspecified atom stereocenters. The highest BCUT2D eigenvalue weighted by Crippen LogP contribution is 2.12. The van der Waals surface area contributed by atoms with E-state index in [-0.39, 0.29) is 5.91 Å². The number of hydrogen-bond acceptors (Lipinski definition) is 3. The van der Waals surface area contributed by atoms with Crippen LogP contribution in [0.25, 0.3) is 0 Å². The Morgan fingerprint density at radius 2 is 2.00 bits per heavy atom. The van der Waals surface area contributed by atoms with Crippen molar-refractivity contribution in [3.63, 3.8) is 0 Å². The van der Waals surface area contributed by atoms with E-state index >= 15 is 0 Å². The fraction of sp³-hybridized carbons (Fsp3) is 0.800. The van der Waals surface area contributed by atoms with Gasteiger partial charge in [-0.2, -0.15) is 0 Å². The average molecular weight is 216 g/mol. The second kappa shape index (κ2) is 6.40. The Morgan fingerprint density at radius 1 is 1.40 bits per heavy atom. The first kappa shape index (κ1) is 13.9. The summed E-state index contributed by atoms with van der Waals surface area (Å²) in [5.74, 6) is -0.965. The second-order valence-corrected chi connectivity index (χ2v) is 3.74. The molecule has 0 saturated carbocycles. The van der Waals surface area contributed by atoms with Crippen molar-refractivity contribution in [3.8, 4) is 0 Å². The first-order chi connectivity index (χ1) is 6.96. The monoisotopic (exact) mass is 216 g/mol. The first-order valence-electron chi connectivity index (χ1n) is 5.15. The van der Waals surface area contributed by atoms with Crippen molar-refractivity contribution in [1.82, 2.24) is 10.6 Å². The number of carboxylic acids is 1. The lowest BCUT2D eigenvalue weighted by Crippen LogP contribution is -2.50. The van der Waals surface area contributed by atoms with Gasteiger partial charge in [-0.15, -0.1) is 0 Å². The fourth-order valence-electron chi connectivity index (χ4n) is 1.35. The molecule has 0 heterocycles. The van der Waals surface area contributed by atoms with Crippen LogP contribution in [-0.2, 0) is 9.59 Å². The number of nitrogens with one attached hydrogen (secondary N) is 2. The zero-order valence-corrected chi connectivity index (χ0v) is 9.59. The number of aliphatic carboxylic acids is 1. The molecule has 3 N–H and O–H groups in total. The highest BCUT2D eigenvalue weighted by Gasteiger charge is 2.31. The van der Waals surface area contributed by atoms with Crippen molar-refractivity contribution in [2.45, 2.75) is 38.6 Å². The van der Waals surface area contributed by atoms with Crippen molar-refractivity contribution in [1.29, 1.82) is 0 Å². The van der Waals surface area contributed by atoms with Gasteiger partial charge in [0.25, 0.3) is 0 Å². The first-order valence-corrected chi connectivity index (χ1v) is 5.15. The van der Waals surface area contributed by atoms with E-state index in [1.165, 1.54) is 0 Å². The number of hydrogen-bond donors (Lipinski definition) is 3. The van der Waals surface area contributed by atoms with E-state index in [2.05, 4.69) is 10.6 Å². The summed E-state index contributed by atoms with van der Waals surface area (Å²) < 4.78 is 0. The zero-order chi connectivity index (χ0) is 11.9. The maximum Gasteiger partial charge on any atom is 0.323 e. The predicted octanol–water partition coefficient (Wildman–Crippen LogP) is 0.356. The molecule has 5 nitrogen and oxygen atoms in total. The smallest absolute Gasteiger partial charge is 0.323 e. The van der Waals surface area contributed by atoms with E-state index in [4.69, 9.17) is 5.11 Å². The van der Waals surface area contributed by atoms with Crippen molar-refractivity contribution >= 4 is 11.9 Å². The van der Waals surface area contributed by atoms with Crippen LogP contribution in [0.2, 0.25) is 0 Å². The fourth-order valence-corrected chi connectivity index (χ4v) is 1.35. The summed E-state index contributed by atoms with van der Waals surface area (Å²) in [5.41, 5.74) is -0.928. The van der Waals surface area contributed by atoms with Crippen LogP contribution in [0.1, 0.15) is 33.1 Å². The maximum absolute atomic E-state index is 11.0. The summed E-state index contributed by atoms with van der Waals surface area (Å²) in [5, 5.41) is 14.4. The highest BCUT2D eigenvalue weighted by atomic mass is 16.4. The van der Waals surface area contributed by atoms with E-state index in [1.807, 2.05) is 6.92 Å². The molecule has 0 aromatic heterocycles. The molecule has 15 heavy (non-hydrogen) atoms. The van der Waals surface area contributed by atoms with Crippen molar-refractivity contribution < 1.29 is 14.7 Å². The molecule has 0 aliphatic rings. The SMILES string of the molecule is CCCC(C)(NCCC(=O)NC)C(=O)O. The van der Waals surface area contributed by atoms with Gasteiger partial charge in [-0.1, -0.05) is 13.3 Å². The van der Waals surface area contributed by atoms with Crippen molar-refractivity contribution in [3.05, 3.63) is 0 Å². The van der Waals surface area contributed by atoms with Crippen LogP contribution in [0.4, 0.5) is 0 Å². The average Bonchev–Trinajstić information content (AvgIpc) is 2.17. The largest absolute Gasteiger partial charge is 0.480 e. The van der Waals surface area contributed by atoms with Crippen LogP contribution in [-0.4, -0.2) is 36.1 Å². The van der Waals surface area contributed by atoms with Gasteiger partial charge in [-0.3, -0.25) is 9.59 Å². The number of carbonyl (C=O) groups excluding carboxylic acids is 1. The Balaban J connectivity index is 4.08. The summed E-state index contributed by atoms with van der Waals surface area (Å²) in [7, 11) is 1.56. The summed E-state index contributed by atoms with van der Waals surface area (Å²) in [6.45, 7) is 3.95. The number of carboxylic acid groups (broad SMARTS) is 1. The summed E-state index contributed by atoms with van der Waals surface area (Å²) in [4.78, 5) is 21.9. The molecular formula is C10H20N2O3. The Hall–Kier alpha value is -1.10. The minimum absolute atomic E-state index is 0.0910. The molecule has 1 atom stereocenters. The number of amides is 1. The van der Waals surface area contributed by atoms with Crippen molar-refractivity contribution in [2.75, 3.05) is 13.6 Å². The lowest BCUT2D eigenvalue weighted by Gasteiger charge is -2.25. The van der Waals surface area contributed by atoms with Crippen LogP contribution >= 0.6 is 0 Å². The highest BCUT2D eigenvalue weighted by molar-refractivity contribution is 5.78. The molecule has 0 aromatic rings. The Labute approximate surface area is 90.2 Å². The molecule has 0 aliphatic carbocycles. The van der Waals surface area contributed by atoms with Crippen LogP contribution in [0.3, 0.4) is 0 Å². The van der Waals surface area contributed by atoms with Gasteiger partial charge in [0.15, 0.2) is 0 Å². The van der Waals surface area contributed by atoms with Crippen LogP contribution in [0.15, 0.2) is 0 Å². The minimum Gasteiger partial charge on any atom is -0.480 e. The molecule has 0 aliphatic heterocycles. The van der Waals surface area contributed by atoms with Crippen LogP contribution < -0.4 is 10.6 Å². The molecule has 0 fully saturated rings. The lowest BCUT2D eigenvalue weighted by molar-refractivity contribution is -0.144. The molecule has 0 aromatic carbocycles.